The normalized spacial score (nSPS) is 20.2. The highest BCUT2D eigenvalue weighted by molar-refractivity contribution is 5.81. The molecule has 0 radical (unpaired) electrons. The van der Waals surface area contributed by atoms with Crippen LogP contribution in [0.25, 0.3) is 0 Å². The van der Waals surface area contributed by atoms with Crippen molar-refractivity contribution in [3.63, 3.8) is 0 Å². The molecule has 1 aromatic rings. The molecule has 2 rings (SSSR count). The van der Waals surface area contributed by atoms with Gasteiger partial charge < -0.3 is 4.74 Å². The van der Waals surface area contributed by atoms with E-state index in [1.165, 1.54) is 16.7 Å². The molecule has 1 aliphatic rings. The first-order valence-corrected chi connectivity index (χ1v) is 5.82. The molecule has 1 fully saturated rings. The zero-order valence-corrected chi connectivity index (χ0v) is 10.2. The Kier molecular flexibility index (Phi) is 2.99. The molecule has 1 unspecified atom stereocenters. The molecule has 0 N–H and O–H groups in total. The van der Waals surface area contributed by atoms with Crippen LogP contribution in [0.4, 0.5) is 0 Å². The molecule has 0 amide bonds. The maximum atomic E-state index is 11.2. The van der Waals surface area contributed by atoms with Crippen LogP contribution in [0.1, 0.15) is 36.0 Å². The first kappa shape index (κ1) is 11.2. The lowest BCUT2D eigenvalue weighted by atomic mass is 10.1. The van der Waals surface area contributed by atoms with Crippen LogP contribution < -0.4 is 4.74 Å². The molecule has 0 aliphatic heterocycles. The summed E-state index contributed by atoms with van der Waals surface area (Å²) in [5.41, 5.74) is 3.65. The molecule has 0 bridgehead atoms. The zero-order chi connectivity index (χ0) is 11.7. The largest absolute Gasteiger partial charge is 0.490 e. The van der Waals surface area contributed by atoms with Gasteiger partial charge in [-0.2, -0.15) is 0 Å². The van der Waals surface area contributed by atoms with Crippen LogP contribution in [0.5, 0.6) is 5.75 Å². The maximum absolute atomic E-state index is 11.2. The number of ketones is 1. The van der Waals surface area contributed by atoms with Crippen LogP contribution in [-0.4, -0.2) is 11.9 Å². The van der Waals surface area contributed by atoms with E-state index in [0.29, 0.717) is 18.6 Å². The standard InChI is InChI=1S/C14H18O2/c1-9-6-10(2)11(3)14(7-9)16-13-5-4-12(15)8-13/h6-7,13H,4-5,8H2,1-3H3. The molecule has 0 saturated heterocycles. The molecule has 1 saturated carbocycles. The fourth-order valence-electron chi connectivity index (χ4n) is 2.18. The Bertz CT molecular complexity index is 421. The van der Waals surface area contributed by atoms with Gasteiger partial charge in [0.05, 0.1) is 0 Å². The number of carbonyl (C=O) groups excluding carboxylic acids is 1. The number of hydrogen-bond acceptors (Lipinski definition) is 2. The van der Waals surface area contributed by atoms with Gasteiger partial charge in [-0.3, -0.25) is 4.79 Å². The van der Waals surface area contributed by atoms with Gasteiger partial charge in [0.1, 0.15) is 17.6 Å². The summed E-state index contributed by atoms with van der Waals surface area (Å²) >= 11 is 0. The summed E-state index contributed by atoms with van der Waals surface area (Å²) in [6, 6.07) is 4.22. The van der Waals surface area contributed by atoms with Gasteiger partial charge in [-0.05, 0) is 49.9 Å². The lowest BCUT2D eigenvalue weighted by Gasteiger charge is -2.16. The van der Waals surface area contributed by atoms with Crippen molar-refractivity contribution in [3.8, 4) is 5.75 Å². The van der Waals surface area contributed by atoms with Gasteiger partial charge in [0.25, 0.3) is 0 Å². The Labute approximate surface area is 96.6 Å². The molecular weight excluding hydrogens is 200 g/mol. The number of aryl methyl sites for hydroxylation is 2. The van der Waals surface area contributed by atoms with Crippen LogP contribution >= 0.6 is 0 Å². The highest BCUT2D eigenvalue weighted by Crippen LogP contribution is 2.27. The quantitative estimate of drug-likeness (QED) is 0.762. The second kappa shape index (κ2) is 4.28. The third-order valence-corrected chi connectivity index (χ3v) is 3.26. The van der Waals surface area contributed by atoms with Crippen molar-refractivity contribution in [2.24, 2.45) is 0 Å². The SMILES string of the molecule is Cc1cc(C)c(C)c(OC2CCC(=O)C2)c1. The maximum Gasteiger partial charge on any atom is 0.136 e. The van der Waals surface area contributed by atoms with Gasteiger partial charge in [0, 0.05) is 12.8 Å². The summed E-state index contributed by atoms with van der Waals surface area (Å²) in [5, 5.41) is 0. The smallest absolute Gasteiger partial charge is 0.136 e. The summed E-state index contributed by atoms with van der Waals surface area (Å²) < 4.78 is 5.92. The van der Waals surface area contributed by atoms with Gasteiger partial charge in [-0.15, -0.1) is 0 Å². The van der Waals surface area contributed by atoms with Crippen molar-refractivity contribution < 1.29 is 9.53 Å². The highest BCUT2D eigenvalue weighted by Gasteiger charge is 2.24. The Morgan fingerprint density at radius 3 is 2.62 bits per heavy atom. The van der Waals surface area contributed by atoms with Crippen molar-refractivity contribution in [1.82, 2.24) is 0 Å². The van der Waals surface area contributed by atoms with Crippen LogP contribution in [0, 0.1) is 20.8 Å². The van der Waals surface area contributed by atoms with E-state index in [2.05, 4.69) is 32.9 Å². The van der Waals surface area contributed by atoms with Crippen molar-refractivity contribution >= 4 is 5.78 Å². The van der Waals surface area contributed by atoms with Gasteiger partial charge in [-0.25, -0.2) is 0 Å². The minimum Gasteiger partial charge on any atom is -0.490 e. The fourth-order valence-corrected chi connectivity index (χ4v) is 2.18. The molecule has 0 heterocycles. The molecule has 16 heavy (non-hydrogen) atoms. The lowest BCUT2D eigenvalue weighted by molar-refractivity contribution is -0.117. The predicted molar refractivity (Wildman–Crippen MR) is 63.9 cm³/mol. The summed E-state index contributed by atoms with van der Waals surface area (Å²) in [5.74, 6) is 1.27. The molecular formula is C14H18O2. The van der Waals surface area contributed by atoms with Gasteiger partial charge in [0.2, 0.25) is 0 Å². The average molecular weight is 218 g/mol. The topological polar surface area (TPSA) is 26.3 Å². The molecule has 1 aliphatic carbocycles. The third kappa shape index (κ3) is 2.26. The number of benzene rings is 1. The van der Waals surface area contributed by atoms with Gasteiger partial charge >= 0.3 is 0 Å². The summed E-state index contributed by atoms with van der Waals surface area (Å²) in [4.78, 5) is 11.2. The molecule has 86 valence electrons. The third-order valence-electron chi connectivity index (χ3n) is 3.26. The van der Waals surface area contributed by atoms with E-state index in [4.69, 9.17) is 4.74 Å². The zero-order valence-electron chi connectivity index (χ0n) is 10.2. The van der Waals surface area contributed by atoms with E-state index >= 15 is 0 Å². The second-order valence-corrected chi connectivity index (χ2v) is 4.73. The summed E-state index contributed by atoms with van der Waals surface area (Å²) in [7, 11) is 0. The molecule has 0 spiro atoms. The summed E-state index contributed by atoms with van der Waals surface area (Å²) in [6.07, 6.45) is 2.21. The Hall–Kier alpha value is -1.31. The molecule has 0 aromatic heterocycles. The van der Waals surface area contributed by atoms with E-state index in [1.54, 1.807) is 0 Å². The number of rotatable bonds is 2. The van der Waals surface area contributed by atoms with E-state index < -0.39 is 0 Å². The number of hydrogen-bond donors (Lipinski definition) is 0. The van der Waals surface area contributed by atoms with Crippen LogP contribution in [-0.2, 0) is 4.79 Å². The van der Waals surface area contributed by atoms with Crippen LogP contribution in [0.15, 0.2) is 12.1 Å². The molecule has 1 aromatic carbocycles. The molecule has 2 heteroatoms. The number of Topliss-reactive ketones (excluding diaryl/α,β-unsaturated/α-hetero) is 1. The second-order valence-electron chi connectivity index (χ2n) is 4.73. The first-order valence-electron chi connectivity index (χ1n) is 5.82. The minimum absolute atomic E-state index is 0.0902. The average Bonchev–Trinajstić information content (AvgIpc) is 2.60. The van der Waals surface area contributed by atoms with Crippen molar-refractivity contribution in [2.75, 3.05) is 0 Å². The van der Waals surface area contributed by atoms with E-state index in [1.807, 2.05) is 0 Å². The number of carbonyl (C=O) groups is 1. The Morgan fingerprint density at radius 2 is 2.00 bits per heavy atom. The van der Waals surface area contributed by atoms with Crippen molar-refractivity contribution in [3.05, 3.63) is 28.8 Å². The molecule has 2 nitrogen and oxygen atoms in total. The highest BCUT2D eigenvalue weighted by atomic mass is 16.5. The minimum atomic E-state index is 0.0902. The molecule has 1 atom stereocenters. The van der Waals surface area contributed by atoms with E-state index in [0.717, 1.165) is 12.2 Å². The van der Waals surface area contributed by atoms with Crippen LogP contribution in [0.3, 0.4) is 0 Å². The first-order chi connectivity index (χ1) is 7.56. The Morgan fingerprint density at radius 1 is 1.25 bits per heavy atom. The van der Waals surface area contributed by atoms with Crippen molar-refractivity contribution in [1.29, 1.82) is 0 Å². The lowest BCUT2D eigenvalue weighted by Crippen LogP contribution is -2.13. The Balaban J connectivity index is 2.18. The number of ether oxygens (including phenoxy) is 1. The monoisotopic (exact) mass is 218 g/mol. The predicted octanol–water partition coefficient (Wildman–Crippen LogP) is 3.11. The van der Waals surface area contributed by atoms with E-state index in [-0.39, 0.29) is 6.10 Å². The van der Waals surface area contributed by atoms with E-state index in [9.17, 15) is 4.79 Å². The fraction of sp³-hybridized carbons (Fsp3) is 0.500. The van der Waals surface area contributed by atoms with Gasteiger partial charge in [-0.1, -0.05) is 6.07 Å². The van der Waals surface area contributed by atoms with Gasteiger partial charge in [0.15, 0.2) is 0 Å². The van der Waals surface area contributed by atoms with Crippen LogP contribution in [0.2, 0.25) is 0 Å². The van der Waals surface area contributed by atoms with Crippen molar-refractivity contribution in [2.45, 2.75) is 46.1 Å². The summed E-state index contributed by atoms with van der Waals surface area (Å²) in [6.45, 7) is 6.23.